The van der Waals surface area contributed by atoms with E-state index in [0.717, 1.165) is 45.6 Å². The minimum Gasteiger partial charge on any atom is -0.497 e. The van der Waals surface area contributed by atoms with E-state index >= 15 is 0 Å². The monoisotopic (exact) mass is 456 g/mol. The van der Waals surface area contributed by atoms with Gasteiger partial charge in [0.25, 0.3) is 0 Å². The van der Waals surface area contributed by atoms with E-state index in [4.69, 9.17) is 19.8 Å². The van der Waals surface area contributed by atoms with Crippen LogP contribution in [-0.4, -0.2) is 22.8 Å². The highest BCUT2D eigenvalue weighted by Crippen LogP contribution is 2.37. The minimum absolute atomic E-state index is 0.0119. The van der Waals surface area contributed by atoms with Gasteiger partial charge in [-0.15, -0.1) is 0 Å². The second-order valence-corrected chi connectivity index (χ2v) is 8.51. The first kappa shape index (κ1) is 21.1. The molecular formula is C30H24N4O. The molecule has 1 aliphatic heterocycles. The van der Waals surface area contributed by atoms with Crippen LogP contribution in [-0.2, 0) is 0 Å². The van der Waals surface area contributed by atoms with Crippen LogP contribution in [0.3, 0.4) is 0 Å². The van der Waals surface area contributed by atoms with Gasteiger partial charge < -0.3 is 4.74 Å². The van der Waals surface area contributed by atoms with Gasteiger partial charge in [0.05, 0.1) is 30.1 Å². The summed E-state index contributed by atoms with van der Waals surface area (Å²) in [6.45, 7) is 0. The number of methoxy groups -OCH3 is 1. The molecule has 1 atom stereocenters. The molecule has 1 aliphatic rings. The van der Waals surface area contributed by atoms with E-state index in [1.165, 1.54) is 5.56 Å². The van der Waals surface area contributed by atoms with Crippen molar-refractivity contribution >= 4 is 22.6 Å². The number of hydrogen-bond donors (Lipinski definition) is 0. The van der Waals surface area contributed by atoms with Crippen LogP contribution >= 0.6 is 0 Å². The summed E-state index contributed by atoms with van der Waals surface area (Å²) < 4.78 is 5.46. The molecule has 0 N–H and O–H groups in total. The number of benzene rings is 4. The SMILES string of the molecule is COc1cccc(C2=NN(c3nc(-c4ccccc4)c4ccccc4n3)[C@H](c3ccccc3)C2)c1. The summed E-state index contributed by atoms with van der Waals surface area (Å²) in [5, 5.41) is 8.07. The summed E-state index contributed by atoms with van der Waals surface area (Å²) >= 11 is 0. The topological polar surface area (TPSA) is 50.6 Å². The van der Waals surface area contributed by atoms with E-state index in [0.29, 0.717) is 5.95 Å². The summed E-state index contributed by atoms with van der Waals surface area (Å²) in [5.74, 6) is 1.41. The molecule has 4 aromatic carbocycles. The molecule has 5 aromatic rings. The molecule has 0 unspecified atom stereocenters. The second-order valence-electron chi connectivity index (χ2n) is 8.51. The van der Waals surface area contributed by atoms with Crippen LogP contribution in [0.1, 0.15) is 23.6 Å². The van der Waals surface area contributed by atoms with Gasteiger partial charge in [-0.05, 0) is 23.8 Å². The van der Waals surface area contributed by atoms with Crippen molar-refractivity contribution < 1.29 is 4.74 Å². The van der Waals surface area contributed by atoms with Gasteiger partial charge in [0.1, 0.15) is 5.75 Å². The number of para-hydroxylation sites is 1. The summed E-state index contributed by atoms with van der Waals surface area (Å²) in [4.78, 5) is 10.0. The first-order chi connectivity index (χ1) is 17.3. The maximum absolute atomic E-state index is 5.46. The number of hydrazone groups is 1. The molecule has 2 heterocycles. The fourth-order valence-electron chi connectivity index (χ4n) is 4.59. The molecular weight excluding hydrogens is 432 g/mol. The van der Waals surface area contributed by atoms with Gasteiger partial charge in [-0.1, -0.05) is 91.0 Å². The van der Waals surface area contributed by atoms with E-state index < -0.39 is 0 Å². The normalized spacial score (nSPS) is 15.3. The van der Waals surface area contributed by atoms with Crippen molar-refractivity contribution in [2.24, 2.45) is 5.10 Å². The van der Waals surface area contributed by atoms with E-state index in [-0.39, 0.29) is 6.04 Å². The van der Waals surface area contributed by atoms with Gasteiger partial charge >= 0.3 is 0 Å². The molecule has 0 aliphatic carbocycles. The fourth-order valence-corrected chi connectivity index (χ4v) is 4.59. The smallest absolute Gasteiger partial charge is 0.247 e. The molecule has 0 amide bonds. The van der Waals surface area contributed by atoms with Crippen LogP contribution in [0.2, 0.25) is 0 Å². The van der Waals surface area contributed by atoms with Crippen LogP contribution in [0.15, 0.2) is 114 Å². The van der Waals surface area contributed by atoms with Crippen molar-refractivity contribution in [3.05, 3.63) is 120 Å². The average Bonchev–Trinajstić information content (AvgIpc) is 3.39. The molecule has 170 valence electrons. The Morgan fingerprint density at radius 3 is 2.26 bits per heavy atom. The van der Waals surface area contributed by atoms with Crippen molar-refractivity contribution in [1.29, 1.82) is 0 Å². The summed E-state index contributed by atoms with van der Waals surface area (Å²) in [5.41, 5.74) is 6.05. The predicted octanol–water partition coefficient (Wildman–Crippen LogP) is 6.66. The largest absolute Gasteiger partial charge is 0.497 e. The number of anilines is 1. The summed E-state index contributed by atoms with van der Waals surface area (Å²) in [7, 11) is 1.68. The standard InChI is InChI=1S/C30H24N4O/c1-35-24-16-10-15-23(19-24)27-20-28(21-11-4-2-5-12-21)34(33-27)30-31-26-18-9-8-17-25(26)29(32-30)22-13-6-3-7-14-22/h2-19,28H,20H2,1H3/t28-/m0/s1. The molecule has 0 bridgehead atoms. The van der Waals surface area contributed by atoms with Gasteiger partial charge in [0.2, 0.25) is 5.95 Å². The first-order valence-corrected chi connectivity index (χ1v) is 11.7. The zero-order chi connectivity index (χ0) is 23.6. The molecule has 0 saturated carbocycles. The molecule has 0 saturated heterocycles. The first-order valence-electron chi connectivity index (χ1n) is 11.7. The quantitative estimate of drug-likeness (QED) is 0.297. The third kappa shape index (κ3) is 4.02. The second kappa shape index (κ2) is 9.03. The maximum atomic E-state index is 5.46. The number of aromatic nitrogens is 2. The average molecular weight is 457 g/mol. The molecule has 0 radical (unpaired) electrons. The van der Waals surface area contributed by atoms with Gasteiger partial charge in [-0.3, -0.25) is 0 Å². The molecule has 6 rings (SSSR count). The van der Waals surface area contributed by atoms with E-state index in [1.807, 2.05) is 65.7 Å². The Bertz CT molecular complexity index is 1520. The number of rotatable bonds is 5. The lowest BCUT2D eigenvalue weighted by atomic mass is 9.98. The fraction of sp³-hybridized carbons (Fsp3) is 0.100. The van der Waals surface area contributed by atoms with Crippen LogP contribution < -0.4 is 9.75 Å². The zero-order valence-electron chi connectivity index (χ0n) is 19.4. The highest BCUT2D eigenvalue weighted by atomic mass is 16.5. The molecule has 0 fully saturated rings. The lowest BCUT2D eigenvalue weighted by Gasteiger charge is -2.23. The minimum atomic E-state index is -0.0119. The summed E-state index contributed by atoms with van der Waals surface area (Å²) in [6, 6.07) is 36.9. The van der Waals surface area contributed by atoms with Crippen LogP contribution in [0.5, 0.6) is 5.75 Å². The van der Waals surface area contributed by atoms with Gasteiger partial charge in [-0.25, -0.2) is 15.0 Å². The number of ether oxygens (including phenoxy) is 1. The van der Waals surface area contributed by atoms with Crippen molar-refractivity contribution in [2.75, 3.05) is 12.1 Å². The Balaban J connectivity index is 1.52. The molecule has 1 aromatic heterocycles. The number of nitrogens with zero attached hydrogens (tertiary/aromatic N) is 4. The van der Waals surface area contributed by atoms with Crippen molar-refractivity contribution in [2.45, 2.75) is 12.5 Å². The molecule has 5 nitrogen and oxygen atoms in total. The Morgan fingerprint density at radius 2 is 1.46 bits per heavy atom. The Kier molecular flexibility index (Phi) is 5.43. The van der Waals surface area contributed by atoms with Gasteiger partial charge in [0.15, 0.2) is 0 Å². The van der Waals surface area contributed by atoms with E-state index in [9.17, 15) is 0 Å². The van der Waals surface area contributed by atoms with Crippen molar-refractivity contribution in [3.63, 3.8) is 0 Å². The number of hydrogen-bond acceptors (Lipinski definition) is 5. The molecule has 5 heteroatoms. The van der Waals surface area contributed by atoms with Crippen molar-refractivity contribution in [3.8, 4) is 17.0 Å². The third-order valence-corrected chi connectivity index (χ3v) is 6.34. The third-order valence-electron chi connectivity index (χ3n) is 6.34. The highest BCUT2D eigenvalue weighted by molar-refractivity contribution is 6.03. The highest BCUT2D eigenvalue weighted by Gasteiger charge is 2.32. The van der Waals surface area contributed by atoms with Gasteiger partial charge in [-0.2, -0.15) is 5.10 Å². The van der Waals surface area contributed by atoms with E-state index in [1.54, 1.807) is 7.11 Å². The predicted molar refractivity (Wildman–Crippen MR) is 141 cm³/mol. The Hall–Kier alpha value is -4.51. The number of fused-ring (bicyclic) bond motifs is 1. The Morgan fingerprint density at radius 1 is 0.743 bits per heavy atom. The van der Waals surface area contributed by atoms with Crippen LogP contribution in [0.25, 0.3) is 22.2 Å². The molecule has 35 heavy (non-hydrogen) atoms. The lowest BCUT2D eigenvalue weighted by Crippen LogP contribution is -2.21. The van der Waals surface area contributed by atoms with E-state index in [2.05, 4.69) is 48.5 Å². The van der Waals surface area contributed by atoms with Gasteiger partial charge in [0, 0.05) is 22.9 Å². The lowest BCUT2D eigenvalue weighted by molar-refractivity contribution is 0.414. The zero-order valence-corrected chi connectivity index (χ0v) is 19.4. The van der Waals surface area contributed by atoms with Crippen LogP contribution in [0.4, 0.5) is 5.95 Å². The Labute approximate surface area is 204 Å². The van der Waals surface area contributed by atoms with Crippen molar-refractivity contribution in [1.82, 2.24) is 9.97 Å². The molecule has 0 spiro atoms. The maximum Gasteiger partial charge on any atom is 0.247 e. The van der Waals surface area contributed by atoms with Crippen LogP contribution in [0, 0.1) is 0 Å². The summed E-state index contributed by atoms with van der Waals surface area (Å²) in [6.07, 6.45) is 0.744.